The van der Waals surface area contributed by atoms with Gasteiger partial charge in [0.2, 0.25) is 0 Å². The van der Waals surface area contributed by atoms with E-state index in [9.17, 15) is 0 Å². The van der Waals surface area contributed by atoms with Gasteiger partial charge in [-0.05, 0) is 11.8 Å². The first kappa shape index (κ1) is 10.1. The van der Waals surface area contributed by atoms with Crippen molar-refractivity contribution in [2.75, 3.05) is 19.1 Å². The Hall–Kier alpha value is -0.0100. The third-order valence-corrected chi connectivity index (χ3v) is 3.47. The molecule has 2 heteroatoms. The smallest absolute Gasteiger partial charge is 0.0645 e. The van der Waals surface area contributed by atoms with Crippen LogP contribution in [-0.2, 0) is 4.74 Å². The van der Waals surface area contributed by atoms with E-state index in [4.69, 9.17) is 16.3 Å². The third kappa shape index (κ3) is 1.67. The highest BCUT2D eigenvalue weighted by Gasteiger charge is 2.60. The van der Waals surface area contributed by atoms with Crippen molar-refractivity contribution in [1.29, 1.82) is 0 Å². The summed E-state index contributed by atoms with van der Waals surface area (Å²) in [5, 5.41) is 0. The Bertz CT molecular complexity index is 177. The summed E-state index contributed by atoms with van der Waals surface area (Å²) in [5.74, 6) is 0.705. The molecular formula is C10H17ClO. The van der Waals surface area contributed by atoms with Gasteiger partial charge in [-0.2, -0.15) is 0 Å². The van der Waals surface area contributed by atoms with E-state index in [-0.39, 0.29) is 5.41 Å². The van der Waals surface area contributed by atoms with Crippen LogP contribution >= 0.6 is 11.6 Å². The minimum Gasteiger partial charge on any atom is -0.377 e. The summed E-state index contributed by atoms with van der Waals surface area (Å²) < 4.78 is 5.43. The van der Waals surface area contributed by atoms with E-state index in [1.807, 2.05) is 0 Å². The van der Waals surface area contributed by atoms with Crippen LogP contribution < -0.4 is 0 Å². The number of ether oxygens (including phenoxy) is 1. The Morgan fingerprint density at radius 1 is 1.58 bits per heavy atom. The van der Waals surface area contributed by atoms with E-state index in [0.29, 0.717) is 17.9 Å². The van der Waals surface area contributed by atoms with Gasteiger partial charge in [0, 0.05) is 11.3 Å². The summed E-state index contributed by atoms with van der Waals surface area (Å²) in [6.07, 6.45) is 2.96. The van der Waals surface area contributed by atoms with Crippen LogP contribution in [0.5, 0.6) is 0 Å². The van der Waals surface area contributed by atoms with Crippen LogP contribution in [0.3, 0.4) is 0 Å². The molecule has 0 aromatic carbocycles. The molecule has 0 amide bonds. The molecule has 0 saturated heterocycles. The van der Waals surface area contributed by atoms with E-state index in [0.717, 1.165) is 6.61 Å². The normalized spacial score (nSPS) is 31.6. The molecule has 0 heterocycles. The standard InChI is InChI=1S/C10H17ClO/c1-4-5-12-8-10(7-11)6-9(10,2)3/h4H,1,5-8H2,2-3H3. The zero-order chi connectivity index (χ0) is 9.24. The summed E-state index contributed by atoms with van der Waals surface area (Å²) in [7, 11) is 0. The second-order valence-electron chi connectivity index (χ2n) is 4.28. The predicted molar refractivity (Wildman–Crippen MR) is 52.6 cm³/mol. The third-order valence-electron chi connectivity index (χ3n) is 2.96. The van der Waals surface area contributed by atoms with Gasteiger partial charge >= 0.3 is 0 Å². The molecule has 0 N–H and O–H groups in total. The Labute approximate surface area is 79.7 Å². The average Bonchev–Trinajstić information content (AvgIpc) is 2.55. The van der Waals surface area contributed by atoms with Crippen molar-refractivity contribution in [3.63, 3.8) is 0 Å². The topological polar surface area (TPSA) is 9.23 Å². The van der Waals surface area contributed by atoms with Crippen LogP contribution in [0.1, 0.15) is 20.3 Å². The molecule has 1 atom stereocenters. The molecule has 70 valence electrons. The Kier molecular flexibility index (Phi) is 2.84. The lowest BCUT2D eigenvalue weighted by Gasteiger charge is -2.16. The quantitative estimate of drug-likeness (QED) is 0.366. The van der Waals surface area contributed by atoms with Crippen molar-refractivity contribution in [1.82, 2.24) is 0 Å². The number of rotatable bonds is 5. The van der Waals surface area contributed by atoms with Gasteiger partial charge in [-0.3, -0.25) is 0 Å². The molecule has 1 rings (SSSR count). The number of hydrogen-bond donors (Lipinski definition) is 0. The van der Waals surface area contributed by atoms with Crippen molar-refractivity contribution >= 4 is 11.6 Å². The second kappa shape index (κ2) is 3.39. The molecule has 0 radical (unpaired) electrons. The molecule has 1 unspecified atom stereocenters. The summed E-state index contributed by atoms with van der Waals surface area (Å²) in [4.78, 5) is 0. The Balaban J connectivity index is 2.34. The van der Waals surface area contributed by atoms with Gasteiger partial charge in [0.25, 0.3) is 0 Å². The van der Waals surface area contributed by atoms with Crippen LogP contribution in [0.25, 0.3) is 0 Å². The van der Waals surface area contributed by atoms with Crippen LogP contribution in [0.15, 0.2) is 12.7 Å². The summed E-state index contributed by atoms with van der Waals surface area (Å²) >= 11 is 5.91. The van der Waals surface area contributed by atoms with Gasteiger partial charge in [-0.1, -0.05) is 19.9 Å². The Morgan fingerprint density at radius 3 is 2.50 bits per heavy atom. The molecule has 1 saturated carbocycles. The highest BCUT2D eigenvalue weighted by Crippen LogP contribution is 2.63. The molecule has 1 aliphatic carbocycles. The number of halogens is 1. The minimum absolute atomic E-state index is 0.234. The molecule has 0 aromatic heterocycles. The number of hydrogen-bond acceptors (Lipinski definition) is 1. The summed E-state index contributed by atoms with van der Waals surface area (Å²) in [5.41, 5.74) is 0.605. The zero-order valence-corrected chi connectivity index (χ0v) is 8.66. The summed E-state index contributed by atoms with van der Waals surface area (Å²) in [6.45, 7) is 9.50. The van der Waals surface area contributed by atoms with Gasteiger partial charge in [0.1, 0.15) is 0 Å². The fourth-order valence-electron chi connectivity index (χ4n) is 1.65. The minimum atomic E-state index is 0.234. The van der Waals surface area contributed by atoms with Crippen LogP contribution in [-0.4, -0.2) is 19.1 Å². The maximum Gasteiger partial charge on any atom is 0.0645 e. The lowest BCUT2D eigenvalue weighted by molar-refractivity contribution is 0.106. The molecule has 1 fully saturated rings. The lowest BCUT2D eigenvalue weighted by Crippen LogP contribution is -2.18. The first-order valence-corrected chi connectivity index (χ1v) is 4.86. The molecule has 0 spiro atoms. The maximum atomic E-state index is 5.91. The number of alkyl halides is 1. The first-order chi connectivity index (χ1) is 5.58. The van der Waals surface area contributed by atoms with Gasteiger partial charge in [-0.15, -0.1) is 18.2 Å². The molecule has 0 aliphatic heterocycles. The van der Waals surface area contributed by atoms with Crippen molar-refractivity contribution < 1.29 is 4.74 Å². The van der Waals surface area contributed by atoms with Gasteiger partial charge in [0.15, 0.2) is 0 Å². The van der Waals surface area contributed by atoms with E-state index in [2.05, 4.69) is 20.4 Å². The summed E-state index contributed by atoms with van der Waals surface area (Å²) in [6, 6.07) is 0. The molecule has 1 aliphatic rings. The fourth-order valence-corrected chi connectivity index (χ4v) is 2.19. The highest BCUT2D eigenvalue weighted by atomic mass is 35.5. The zero-order valence-electron chi connectivity index (χ0n) is 7.90. The molecule has 0 bridgehead atoms. The van der Waals surface area contributed by atoms with Crippen molar-refractivity contribution in [2.24, 2.45) is 10.8 Å². The van der Waals surface area contributed by atoms with Crippen LogP contribution in [0, 0.1) is 10.8 Å². The second-order valence-corrected chi connectivity index (χ2v) is 4.55. The predicted octanol–water partition coefficient (Wildman–Crippen LogP) is 2.84. The van der Waals surface area contributed by atoms with Crippen molar-refractivity contribution in [3.8, 4) is 0 Å². The molecular weight excluding hydrogens is 172 g/mol. The van der Waals surface area contributed by atoms with Gasteiger partial charge in [0.05, 0.1) is 13.2 Å². The van der Waals surface area contributed by atoms with Crippen molar-refractivity contribution in [2.45, 2.75) is 20.3 Å². The first-order valence-electron chi connectivity index (χ1n) is 4.33. The van der Waals surface area contributed by atoms with Gasteiger partial charge < -0.3 is 4.74 Å². The van der Waals surface area contributed by atoms with Gasteiger partial charge in [-0.25, -0.2) is 0 Å². The average molecular weight is 189 g/mol. The fraction of sp³-hybridized carbons (Fsp3) is 0.800. The molecule has 12 heavy (non-hydrogen) atoms. The van der Waals surface area contributed by atoms with Crippen LogP contribution in [0.4, 0.5) is 0 Å². The van der Waals surface area contributed by atoms with E-state index in [1.165, 1.54) is 6.42 Å². The molecule has 1 nitrogen and oxygen atoms in total. The van der Waals surface area contributed by atoms with E-state index >= 15 is 0 Å². The monoisotopic (exact) mass is 188 g/mol. The molecule has 0 aromatic rings. The highest BCUT2D eigenvalue weighted by molar-refractivity contribution is 6.18. The van der Waals surface area contributed by atoms with Crippen molar-refractivity contribution in [3.05, 3.63) is 12.7 Å². The maximum absolute atomic E-state index is 5.91. The van der Waals surface area contributed by atoms with Crippen LogP contribution in [0.2, 0.25) is 0 Å². The Morgan fingerprint density at radius 2 is 2.17 bits per heavy atom. The largest absolute Gasteiger partial charge is 0.377 e. The van der Waals surface area contributed by atoms with E-state index in [1.54, 1.807) is 6.08 Å². The SMILES string of the molecule is C=CCOCC1(CCl)CC1(C)C. The lowest BCUT2D eigenvalue weighted by atomic mass is 9.99. The van der Waals surface area contributed by atoms with E-state index < -0.39 is 0 Å².